The largest absolute Gasteiger partial charge is 0.355 e. The smallest absolute Gasteiger partial charge is 0.225 e. The number of hydrogen-bond donors (Lipinski definition) is 2. The maximum Gasteiger partial charge on any atom is 0.225 e. The van der Waals surface area contributed by atoms with Gasteiger partial charge in [0.05, 0.1) is 12.1 Å². The molecular weight excluding hydrogens is 302 g/mol. The predicted octanol–water partition coefficient (Wildman–Crippen LogP) is 0.960. The molecule has 2 N–H and O–H groups in total. The van der Waals surface area contributed by atoms with Crippen LogP contribution in [0.2, 0.25) is 0 Å². The van der Waals surface area contributed by atoms with Crippen molar-refractivity contribution in [2.24, 2.45) is 18.9 Å². The van der Waals surface area contributed by atoms with Crippen molar-refractivity contribution >= 4 is 5.91 Å². The predicted molar refractivity (Wildman–Crippen MR) is 94.8 cm³/mol. The van der Waals surface area contributed by atoms with Gasteiger partial charge in [-0.1, -0.05) is 0 Å². The molecule has 1 unspecified atom stereocenters. The van der Waals surface area contributed by atoms with Gasteiger partial charge in [0, 0.05) is 51.4 Å². The fourth-order valence-corrected chi connectivity index (χ4v) is 4.04. The van der Waals surface area contributed by atoms with Gasteiger partial charge >= 0.3 is 0 Å². The van der Waals surface area contributed by atoms with E-state index in [2.05, 4.69) is 34.5 Å². The molecular formula is C18H31N5O. The van der Waals surface area contributed by atoms with E-state index in [0.29, 0.717) is 12.0 Å². The fourth-order valence-electron chi connectivity index (χ4n) is 4.04. The first-order chi connectivity index (χ1) is 11.5. The summed E-state index contributed by atoms with van der Waals surface area (Å²) in [4.78, 5) is 15.2. The Morgan fingerprint density at radius 3 is 3.00 bits per heavy atom. The van der Waals surface area contributed by atoms with E-state index in [1.807, 2.05) is 24.1 Å². The maximum absolute atomic E-state index is 12.7. The standard InChI is InChI=1S/C18H31N5O/c1-13(2)23-6-4-5-14(11-23)7-20-18(24)17-10-19-9-16(17)15-8-21-22(3)12-15/h8,12-14,16-17,19H,4-7,9-11H2,1-3H3,(H,20,24)/t14?,16-,17+/m1/s1. The number of amides is 1. The highest BCUT2D eigenvalue weighted by molar-refractivity contribution is 5.80. The van der Waals surface area contributed by atoms with Gasteiger partial charge in [0.2, 0.25) is 5.91 Å². The molecule has 2 fully saturated rings. The normalized spacial score (nSPS) is 28.4. The first-order valence-electron chi connectivity index (χ1n) is 9.25. The van der Waals surface area contributed by atoms with Gasteiger partial charge in [-0.2, -0.15) is 5.10 Å². The lowest BCUT2D eigenvalue weighted by Gasteiger charge is -2.35. The van der Waals surface area contributed by atoms with Crippen LogP contribution >= 0.6 is 0 Å². The maximum atomic E-state index is 12.7. The van der Waals surface area contributed by atoms with Crippen molar-refractivity contribution in [2.45, 2.75) is 38.6 Å². The molecule has 0 aliphatic carbocycles. The quantitative estimate of drug-likeness (QED) is 0.843. The van der Waals surface area contributed by atoms with Crippen LogP contribution in [0.25, 0.3) is 0 Å². The summed E-state index contributed by atoms with van der Waals surface area (Å²) in [6, 6.07) is 0.595. The molecule has 6 heteroatoms. The van der Waals surface area contributed by atoms with Gasteiger partial charge in [-0.25, -0.2) is 0 Å². The fraction of sp³-hybridized carbons (Fsp3) is 0.778. The lowest BCUT2D eigenvalue weighted by atomic mass is 9.90. The molecule has 6 nitrogen and oxygen atoms in total. The Morgan fingerprint density at radius 2 is 2.29 bits per heavy atom. The highest BCUT2D eigenvalue weighted by atomic mass is 16.1. The van der Waals surface area contributed by atoms with Gasteiger partial charge in [0.15, 0.2) is 0 Å². The minimum atomic E-state index is 0.0130. The SMILES string of the molecule is CC(C)N1CCCC(CNC(=O)[C@H]2CNC[C@@H]2c2cnn(C)c2)C1. The average Bonchev–Trinajstić information content (AvgIpc) is 3.21. The van der Waals surface area contributed by atoms with Crippen molar-refractivity contribution in [3.8, 4) is 0 Å². The minimum absolute atomic E-state index is 0.0130. The highest BCUT2D eigenvalue weighted by Crippen LogP contribution is 2.28. The monoisotopic (exact) mass is 333 g/mol. The van der Waals surface area contributed by atoms with Crippen molar-refractivity contribution in [1.29, 1.82) is 0 Å². The van der Waals surface area contributed by atoms with E-state index >= 15 is 0 Å². The lowest BCUT2D eigenvalue weighted by Crippen LogP contribution is -2.45. The lowest BCUT2D eigenvalue weighted by molar-refractivity contribution is -0.125. The number of carbonyl (C=O) groups is 1. The van der Waals surface area contributed by atoms with Gasteiger partial charge in [-0.05, 0) is 44.7 Å². The molecule has 2 aliphatic heterocycles. The molecule has 0 bridgehead atoms. The van der Waals surface area contributed by atoms with Crippen molar-refractivity contribution in [2.75, 3.05) is 32.7 Å². The molecule has 0 aromatic carbocycles. The molecule has 0 spiro atoms. The molecule has 3 atom stereocenters. The second kappa shape index (κ2) is 7.66. The third kappa shape index (κ3) is 3.98. The molecule has 1 amide bonds. The number of hydrogen-bond acceptors (Lipinski definition) is 4. The van der Waals surface area contributed by atoms with Crippen LogP contribution in [0, 0.1) is 11.8 Å². The molecule has 3 rings (SSSR count). The van der Waals surface area contributed by atoms with Crippen LogP contribution in [0.3, 0.4) is 0 Å². The van der Waals surface area contributed by atoms with Crippen LogP contribution in [0.1, 0.15) is 38.2 Å². The summed E-state index contributed by atoms with van der Waals surface area (Å²) >= 11 is 0. The third-order valence-electron chi connectivity index (χ3n) is 5.55. The van der Waals surface area contributed by atoms with E-state index in [0.717, 1.165) is 31.7 Å². The Hall–Kier alpha value is -1.40. The van der Waals surface area contributed by atoms with Gasteiger partial charge < -0.3 is 15.5 Å². The highest BCUT2D eigenvalue weighted by Gasteiger charge is 2.35. The molecule has 134 valence electrons. The van der Waals surface area contributed by atoms with E-state index < -0.39 is 0 Å². The summed E-state index contributed by atoms with van der Waals surface area (Å²) in [5.41, 5.74) is 1.16. The number of piperidine rings is 1. The van der Waals surface area contributed by atoms with Gasteiger partial charge in [0.25, 0.3) is 0 Å². The number of nitrogens with zero attached hydrogens (tertiary/aromatic N) is 3. The number of aromatic nitrogens is 2. The van der Waals surface area contributed by atoms with E-state index in [9.17, 15) is 4.79 Å². The van der Waals surface area contributed by atoms with Crippen LogP contribution in [-0.4, -0.2) is 59.4 Å². The van der Waals surface area contributed by atoms with Crippen LogP contribution in [0.4, 0.5) is 0 Å². The summed E-state index contributed by atoms with van der Waals surface area (Å²) < 4.78 is 1.81. The summed E-state index contributed by atoms with van der Waals surface area (Å²) in [5, 5.41) is 10.8. The molecule has 1 aromatic rings. The molecule has 2 aliphatic rings. The topological polar surface area (TPSA) is 62.2 Å². The van der Waals surface area contributed by atoms with Crippen LogP contribution < -0.4 is 10.6 Å². The van der Waals surface area contributed by atoms with Crippen LogP contribution in [0.15, 0.2) is 12.4 Å². The molecule has 1 aromatic heterocycles. The Bertz CT molecular complexity index is 555. The zero-order valence-electron chi connectivity index (χ0n) is 15.2. The van der Waals surface area contributed by atoms with E-state index in [1.165, 1.54) is 19.4 Å². The summed E-state index contributed by atoms with van der Waals surface area (Å²) in [6.45, 7) is 9.22. The zero-order chi connectivity index (χ0) is 17.1. The minimum Gasteiger partial charge on any atom is -0.355 e. The van der Waals surface area contributed by atoms with Crippen LogP contribution in [-0.2, 0) is 11.8 Å². The van der Waals surface area contributed by atoms with E-state index in [-0.39, 0.29) is 17.7 Å². The van der Waals surface area contributed by atoms with Crippen molar-refractivity contribution in [1.82, 2.24) is 25.3 Å². The number of rotatable bonds is 5. The second-order valence-corrected chi connectivity index (χ2v) is 7.66. The van der Waals surface area contributed by atoms with E-state index in [1.54, 1.807) is 0 Å². The van der Waals surface area contributed by atoms with Gasteiger partial charge in [-0.3, -0.25) is 9.48 Å². The molecule has 0 saturated carbocycles. The van der Waals surface area contributed by atoms with Gasteiger partial charge in [-0.15, -0.1) is 0 Å². The first kappa shape index (κ1) is 17.4. The average molecular weight is 333 g/mol. The summed E-state index contributed by atoms with van der Waals surface area (Å²) in [7, 11) is 1.92. The first-order valence-corrected chi connectivity index (χ1v) is 9.25. The Morgan fingerprint density at radius 1 is 1.46 bits per heavy atom. The number of aryl methyl sites for hydroxylation is 1. The van der Waals surface area contributed by atoms with Gasteiger partial charge in [0.1, 0.15) is 0 Å². The molecule has 3 heterocycles. The number of carbonyl (C=O) groups excluding carboxylic acids is 1. The van der Waals surface area contributed by atoms with Crippen molar-refractivity contribution in [3.05, 3.63) is 18.0 Å². The van der Waals surface area contributed by atoms with Crippen LogP contribution in [0.5, 0.6) is 0 Å². The summed E-state index contributed by atoms with van der Waals surface area (Å²) in [5.74, 6) is 1.02. The molecule has 24 heavy (non-hydrogen) atoms. The van der Waals surface area contributed by atoms with Crippen molar-refractivity contribution < 1.29 is 4.79 Å². The number of nitrogens with one attached hydrogen (secondary N) is 2. The zero-order valence-corrected chi connectivity index (χ0v) is 15.2. The summed E-state index contributed by atoms with van der Waals surface area (Å²) in [6.07, 6.45) is 6.37. The second-order valence-electron chi connectivity index (χ2n) is 7.66. The molecule has 2 saturated heterocycles. The van der Waals surface area contributed by atoms with Crippen molar-refractivity contribution in [3.63, 3.8) is 0 Å². The Kier molecular flexibility index (Phi) is 5.56. The Balaban J connectivity index is 1.53. The Labute approximate surface area is 145 Å². The number of likely N-dealkylation sites (tertiary alicyclic amines) is 1. The molecule has 0 radical (unpaired) electrons. The third-order valence-corrected chi connectivity index (χ3v) is 5.55. The van der Waals surface area contributed by atoms with E-state index in [4.69, 9.17) is 0 Å².